The summed E-state index contributed by atoms with van der Waals surface area (Å²) in [6.45, 7) is 10.3. The Morgan fingerprint density at radius 3 is 2.24 bits per heavy atom. The van der Waals surface area contributed by atoms with Crippen LogP contribution in [-0.2, 0) is 29.3 Å². The first kappa shape index (κ1) is 28.1. The van der Waals surface area contributed by atoms with Crippen LogP contribution in [0.15, 0.2) is 65.6 Å². The molecule has 1 atom stereocenters. The largest absolute Gasteiger partial charge is 0.497 e. The third-order valence-electron chi connectivity index (χ3n) is 7.41. The minimum atomic E-state index is -3.76. The van der Waals surface area contributed by atoms with E-state index in [1.54, 1.807) is 19.2 Å². The van der Waals surface area contributed by atoms with Gasteiger partial charge >= 0.3 is 0 Å². The SMILES string of the molecule is COc1cccc(C(C)Cc2cc(CCc3cc(C(C)C)cc(S(N)(=O)=O)c3)cc(N3CCNCC3)c2)c1. The van der Waals surface area contributed by atoms with Gasteiger partial charge in [-0.05, 0) is 95.3 Å². The zero-order chi connectivity index (χ0) is 27.3. The number of methoxy groups -OCH3 is 1. The monoisotopic (exact) mass is 535 g/mol. The number of benzene rings is 3. The Morgan fingerprint density at radius 2 is 1.58 bits per heavy atom. The van der Waals surface area contributed by atoms with Crippen molar-refractivity contribution in [3.63, 3.8) is 0 Å². The lowest BCUT2D eigenvalue weighted by atomic mass is 9.91. The lowest BCUT2D eigenvalue weighted by Gasteiger charge is -2.30. The highest BCUT2D eigenvalue weighted by Gasteiger charge is 2.16. The summed E-state index contributed by atoms with van der Waals surface area (Å²) in [5, 5.41) is 8.93. The standard InChI is InChI=1S/C31H41N3O3S/c1-22(2)28-16-25(19-31(21-28)38(32,35)36)9-8-24-15-26(18-29(17-24)34-12-10-33-11-13-34)14-23(3)27-6-5-7-30(20-27)37-4/h5-7,15-23,33H,8-14H2,1-4H3,(H2,32,35,36). The van der Waals surface area contributed by atoms with E-state index in [-0.39, 0.29) is 10.8 Å². The van der Waals surface area contributed by atoms with Gasteiger partial charge in [0.15, 0.2) is 0 Å². The van der Waals surface area contributed by atoms with Gasteiger partial charge in [0, 0.05) is 31.9 Å². The average molecular weight is 536 g/mol. The molecule has 6 nitrogen and oxygen atoms in total. The highest BCUT2D eigenvalue weighted by molar-refractivity contribution is 7.89. The van der Waals surface area contributed by atoms with E-state index in [4.69, 9.17) is 9.88 Å². The van der Waals surface area contributed by atoms with E-state index in [0.717, 1.165) is 62.3 Å². The fourth-order valence-electron chi connectivity index (χ4n) is 5.15. The third kappa shape index (κ3) is 7.37. The van der Waals surface area contributed by atoms with Crippen molar-refractivity contribution in [3.05, 3.63) is 88.5 Å². The van der Waals surface area contributed by atoms with Gasteiger partial charge in [-0.3, -0.25) is 0 Å². The predicted molar refractivity (Wildman–Crippen MR) is 156 cm³/mol. The van der Waals surface area contributed by atoms with Crippen LogP contribution in [0.25, 0.3) is 0 Å². The Bertz CT molecular complexity index is 1350. The van der Waals surface area contributed by atoms with Crippen LogP contribution in [0.5, 0.6) is 5.75 Å². The Kier molecular flexibility index (Phi) is 9.13. The van der Waals surface area contributed by atoms with Crippen molar-refractivity contribution in [2.24, 2.45) is 5.14 Å². The number of rotatable bonds is 10. The average Bonchev–Trinajstić information content (AvgIpc) is 2.91. The molecule has 1 aliphatic heterocycles. The number of sulfonamides is 1. The molecule has 3 aromatic rings. The van der Waals surface area contributed by atoms with Gasteiger partial charge in [-0.1, -0.05) is 45.0 Å². The van der Waals surface area contributed by atoms with Crippen LogP contribution in [0, 0.1) is 0 Å². The van der Waals surface area contributed by atoms with E-state index in [1.165, 1.54) is 22.4 Å². The fourth-order valence-corrected chi connectivity index (χ4v) is 5.76. The van der Waals surface area contributed by atoms with Crippen LogP contribution < -0.4 is 20.1 Å². The molecule has 3 aromatic carbocycles. The molecule has 0 bridgehead atoms. The van der Waals surface area contributed by atoms with Crippen LogP contribution in [0.2, 0.25) is 0 Å². The fraction of sp³-hybridized carbons (Fsp3) is 0.419. The van der Waals surface area contributed by atoms with Gasteiger partial charge < -0.3 is 15.0 Å². The molecular formula is C31H41N3O3S. The maximum atomic E-state index is 12.1. The number of ether oxygens (including phenoxy) is 1. The highest BCUT2D eigenvalue weighted by atomic mass is 32.2. The molecule has 1 fully saturated rings. The van der Waals surface area contributed by atoms with E-state index in [2.05, 4.69) is 67.4 Å². The van der Waals surface area contributed by atoms with Crippen molar-refractivity contribution in [3.8, 4) is 5.75 Å². The van der Waals surface area contributed by atoms with Gasteiger partial charge in [-0.2, -0.15) is 0 Å². The lowest BCUT2D eigenvalue weighted by molar-refractivity contribution is 0.414. The Labute approximate surface area is 228 Å². The van der Waals surface area contributed by atoms with Crippen molar-refractivity contribution < 1.29 is 13.2 Å². The molecule has 4 rings (SSSR count). The number of hydrogen-bond donors (Lipinski definition) is 2. The molecule has 0 saturated carbocycles. The molecule has 0 radical (unpaired) electrons. The van der Waals surface area contributed by atoms with Crippen molar-refractivity contribution in [2.45, 2.75) is 56.8 Å². The second kappa shape index (κ2) is 12.3. The zero-order valence-electron chi connectivity index (χ0n) is 23.0. The van der Waals surface area contributed by atoms with Crippen molar-refractivity contribution in [2.75, 3.05) is 38.2 Å². The van der Waals surface area contributed by atoms with Crippen molar-refractivity contribution >= 4 is 15.7 Å². The Hall–Kier alpha value is -2.87. The number of primary sulfonamides is 1. The Balaban J connectivity index is 1.61. The first-order chi connectivity index (χ1) is 18.1. The quantitative estimate of drug-likeness (QED) is 0.381. The number of anilines is 1. The molecule has 0 aliphatic carbocycles. The molecule has 3 N–H and O–H groups in total. The second-order valence-electron chi connectivity index (χ2n) is 10.7. The lowest BCUT2D eigenvalue weighted by Crippen LogP contribution is -2.43. The number of nitrogens with two attached hydrogens (primary N) is 1. The number of nitrogens with zero attached hydrogens (tertiary/aromatic N) is 1. The normalized spacial score (nSPS) is 15.1. The van der Waals surface area contributed by atoms with Gasteiger partial charge in [0.05, 0.1) is 12.0 Å². The van der Waals surface area contributed by atoms with Crippen LogP contribution in [0.4, 0.5) is 5.69 Å². The van der Waals surface area contributed by atoms with Gasteiger partial charge in [0.2, 0.25) is 10.0 Å². The molecule has 0 spiro atoms. The van der Waals surface area contributed by atoms with E-state index in [1.807, 2.05) is 12.1 Å². The highest BCUT2D eigenvalue weighted by Crippen LogP contribution is 2.28. The summed E-state index contributed by atoms with van der Waals surface area (Å²) in [7, 11) is -2.05. The second-order valence-corrected chi connectivity index (χ2v) is 12.3. The van der Waals surface area contributed by atoms with Crippen molar-refractivity contribution in [1.82, 2.24) is 5.32 Å². The summed E-state index contributed by atoms with van der Waals surface area (Å²) < 4.78 is 29.7. The van der Waals surface area contributed by atoms with Gasteiger partial charge in [0.1, 0.15) is 5.75 Å². The van der Waals surface area contributed by atoms with Gasteiger partial charge in [0.25, 0.3) is 0 Å². The molecule has 0 aromatic heterocycles. The van der Waals surface area contributed by atoms with E-state index in [9.17, 15) is 8.42 Å². The van der Waals surface area contributed by atoms with E-state index in [0.29, 0.717) is 5.92 Å². The molecule has 1 aliphatic rings. The maximum absolute atomic E-state index is 12.1. The first-order valence-corrected chi connectivity index (χ1v) is 15.1. The summed E-state index contributed by atoms with van der Waals surface area (Å²) in [4.78, 5) is 2.65. The number of piperazine rings is 1. The third-order valence-corrected chi connectivity index (χ3v) is 8.30. The van der Waals surface area contributed by atoms with Gasteiger partial charge in [-0.25, -0.2) is 13.6 Å². The van der Waals surface area contributed by atoms with Gasteiger partial charge in [-0.15, -0.1) is 0 Å². The van der Waals surface area contributed by atoms with Crippen LogP contribution in [0.1, 0.15) is 60.4 Å². The van der Waals surface area contributed by atoms with Crippen LogP contribution in [0.3, 0.4) is 0 Å². The van der Waals surface area contributed by atoms with Crippen LogP contribution in [-0.4, -0.2) is 41.7 Å². The van der Waals surface area contributed by atoms with E-state index < -0.39 is 10.0 Å². The Morgan fingerprint density at radius 1 is 0.895 bits per heavy atom. The minimum absolute atomic E-state index is 0.195. The van der Waals surface area contributed by atoms with Crippen molar-refractivity contribution in [1.29, 1.82) is 0 Å². The molecule has 0 amide bonds. The summed E-state index contributed by atoms with van der Waals surface area (Å²) in [6.07, 6.45) is 2.50. The number of nitrogens with one attached hydrogen (secondary N) is 1. The van der Waals surface area contributed by atoms with E-state index >= 15 is 0 Å². The maximum Gasteiger partial charge on any atom is 0.238 e. The summed E-state index contributed by atoms with van der Waals surface area (Å²) in [5.74, 6) is 1.44. The zero-order valence-corrected chi connectivity index (χ0v) is 23.9. The first-order valence-electron chi connectivity index (χ1n) is 13.5. The predicted octanol–water partition coefficient (Wildman–Crippen LogP) is 5.01. The molecule has 204 valence electrons. The number of hydrogen-bond acceptors (Lipinski definition) is 5. The molecule has 38 heavy (non-hydrogen) atoms. The minimum Gasteiger partial charge on any atom is -0.497 e. The van der Waals surface area contributed by atoms with Crippen LogP contribution >= 0.6 is 0 Å². The summed E-state index contributed by atoms with van der Waals surface area (Å²) >= 11 is 0. The smallest absolute Gasteiger partial charge is 0.238 e. The summed E-state index contributed by atoms with van der Waals surface area (Å²) in [6, 6.07) is 20.8. The molecular weight excluding hydrogens is 494 g/mol. The summed E-state index contributed by atoms with van der Waals surface area (Å²) in [5.41, 5.74) is 7.10. The topological polar surface area (TPSA) is 84.7 Å². The number of aryl methyl sites for hydroxylation is 2. The molecule has 7 heteroatoms. The molecule has 1 heterocycles. The molecule has 1 saturated heterocycles. The molecule has 1 unspecified atom stereocenters.